The summed E-state index contributed by atoms with van der Waals surface area (Å²) in [6.07, 6.45) is 2.43. The molecule has 1 fully saturated rings. The van der Waals surface area contributed by atoms with Crippen LogP contribution in [0.4, 0.5) is 5.69 Å². The number of hydrogen-bond donors (Lipinski definition) is 2. The summed E-state index contributed by atoms with van der Waals surface area (Å²) in [4.78, 5) is 12.9. The first-order valence-corrected chi connectivity index (χ1v) is 12.6. The van der Waals surface area contributed by atoms with Crippen LogP contribution in [0.2, 0.25) is 0 Å². The van der Waals surface area contributed by atoms with Crippen LogP contribution in [0.15, 0.2) is 89.8 Å². The Labute approximate surface area is 194 Å². The van der Waals surface area contributed by atoms with Gasteiger partial charge in [0.1, 0.15) is 0 Å². The largest absolute Gasteiger partial charge is 0.393 e. The van der Waals surface area contributed by atoms with Crippen molar-refractivity contribution in [1.82, 2.24) is 5.32 Å². The monoisotopic (exact) mass is 464 g/mol. The van der Waals surface area contributed by atoms with Gasteiger partial charge in [0, 0.05) is 11.6 Å². The number of carbonyl (C=O) groups excluding carboxylic acids is 1. The van der Waals surface area contributed by atoms with Crippen LogP contribution < -0.4 is 9.62 Å². The van der Waals surface area contributed by atoms with Gasteiger partial charge in [-0.1, -0.05) is 54.6 Å². The summed E-state index contributed by atoms with van der Waals surface area (Å²) in [5.74, 6) is -0.303. The quantitative estimate of drug-likeness (QED) is 0.551. The second kappa shape index (κ2) is 10.2. The van der Waals surface area contributed by atoms with Gasteiger partial charge >= 0.3 is 0 Å². The van der Waals surface area contributed by atoms with E-state index in [2.05, 4.69) is 5.32 Å². The number of aliphatic hydroxyl groups excluding tert-OH is 1. The molecule has 172 valence electrons. The number of nitrogens with one attached hydrogen (secondary N) is 1. The van der Waals surface area contributed by atoms with E-state index in [9.17, 15) is 18.3 Å². The standard InChI is InChI=1S/C26H28N2O4S/c29-24-16-14-22(15-17-24)27-26(30)21-10-7-13-25(18-21)33(31,32)28(23-11-5-2-6-12-23)19-20-8-3-1-4-9-20/h1-13,18,22,24,29H,14-17,19H2,(H,27,30). The lowest BCUT2D eigenvalue weighted by Gasteiger charge is -2.26. The van der Waals surface area contributed by atoms with E-state index in [0.717, 1.165) is 5.56 Å². The van der Waals surface area contributed by atoms with E-state index in [4.69, 9.17) is 0 Å². The average Bonchev–Trinajstić information content (AvgIpc) is 2.85. The maximum absolute atomic E-state index is 13.7. The minimum Gasteiger partial charge on any atom is -0.393 e. The molecular formula is C26H28N2O4S. The molecule has 0 aliphatic heterocycles. The van der Waals surface area contributed by atoms with Crippen LogP contribution in [0, 0.1) is 0 Å². The molecular weight excluding hydrogens is 436 g/mol. The fraction of sp³-hybridized carbons (Fsp3) is 0.269. The molecule has 0 spiro atoms. The Morgan fingerprint density at radius 1 is 0.879 bits per heavy atom. The molecule has 1 aliphatic rings. The number of nitrogens with zero attached hydrogens (tertiary/aromatic N) is 1. The average molecular weight is 465 g/mol. The molecule has 0 heterocycles. The lowest BCUT2D eigenvalue weighted by atomic mass is 9.93. The van der Waals surface area contributed by atoms with Crippen molar-refractivity contribution in [2.24, 2.45) is 0 Å². The molecule has 1 saturated carbocycles. The van der Waals surface area contributed by atoms with Gasteiger partial charge in [0.15, 0.2) is 0 Å². The minimum atomic E-state index is -3.93. The highest BCUT2D eigenvalue weighted by Gasteiger charge is 2.27. The SMILES string of the molecule is O=C(NC1CCC(O)CC1)c1cccc(S(=O)(=O)N(Cc2ccccc2)c2ccccc2)c1. The van der Waals surface area contributed by atoms with Crippen LogP contribution in [-0.2, 0) is 16.6 Å². The minimum absolute atomic E-state index is 0.0138. The second-order valence-corrected chi connectivity index (χ2v) is 10.2. The van der Waals surface area contributed by atoms with Gasteiger partial charge in [-0.15, -0.1) is 0 Å². The van der Waals surface area contributed by atoms with Crippen LogP contribution >= 0.6 is 0 Å². The van der Waals surface area contributed by atoms with Gasteiger partial charge in [-0.25, -0.2) is 8.42 Å². The van der Waals surface area contributed by atoms with Crippen LogP contribution in [0.1, 0.15) is 41.6 Å². The maximum atomic E-state index is 13.7. The van der Waals surface area contributed by atoms with Gasteiger partial charge in [0.25, 0.3) is 15.9 Å². The summed E-state index contributed by atoms with van der Waals surface area (Å²) in [6.45, 7) is 0.175. The lowest BCUT2D eigenvalue weighted by Crippen LogP contribution is -2.38. The van der Waals surface area contributed by atoms with Crippen LogP contribution in [-0.4, -0.2) is 31.6 Å². The molecule has 0 radical (unpaired) electrons. The Hall–Kier alpha value is -3.16. The maximum Gasteiger partial charge on any atom is 0.264 e. The van der Waals surface area contributed by atoms with E-state index in [1.165, 1.54) is 16.4 Å². The number of hydrogen-bond acceptors (Lipinski definition) is 4. The number of anilines is 1. The van der Waals surface area contributed by atoms with Crippen LogP contribution in [0.3, 0.4) is 0 Å². The number of benzene rings is 3. The number of amides is 1. The molecule has 3 aromatic carbocycles. The Balaban J connectivity index is 1.61. The first kappa shape index (κ1) is 23.0. The molecule has 1 aliphatic carbocycles. The zero-order valence-corrected chi connectivity index (χ0v) is 19.1. The normalized spacial score (nSPS) is 18.5. The Morgan fingerprint density at radius 3 is 2.18 bits per heavy atom. The molecule has 1 amide bonds. The predicted molar refractivity (Wildman–Crippen MR) is 128 cm³/mol. The van der Waals surface area contributed by atoms with Crippen molar-refractivity contribution in [2.75, 3.05) is 4.31 Å². The summed E-state index contributed by atoms with van der Waals surface area (Å²) < 4.78 is 28.8. The van der Waals surface area contributed by atoms with Crippen molar-refractivity contribution in [1.29, 1.82) is 0 Å². The van der Waals surface area contributed by atoms with Gasteiger partial charge in [0.05, 0.1) is 23.2 Å². The van der Waals surface area contributed by atoms with Gasteiger partial charge in [-0.3, -0.25) is 9.10 Å². The van der Waals surface area contributed by atoms with Crippen molar-refractivity contribution >= 4 is 21.6 Å². The third-order valence-electron chi connectivity index (χ3n) is 5.93. The van der Waals surface area contributed by atoms with Gasteiger partial charge in [0.2, 0.25) is 0 Å². The first-order valence-electron chi connectivity index (χ1n) is 11.1. The van der Waals surface area contributed by atoms with E-state index in [1.807, 2.05) is 36.4 Å². The smallest absolute Gasteiger partial charge is 0.264 e. The third-order valence-corrected chi connectivity index (χ3v) is 7.70. The molecule has 0 unspecified atom stereocenters. The predicted octanol–water partition coefficient (Wildman–Crippen LogP) is 4.12. The lowest BCUT2D eigenvalue weighted by molar-refractivity contribution is 0.0867. The van der Waals surface area contributed by atoms with Crippen LogP contribution in [0.25, 0.3) is 0 Å². The molecule has 0 saturated heterocycles. The molecule has 2 N–H and O–H groups in total. The summed E-state index contributed by atoms with van der Waals surface area (Å²) in [7, 11) is -3.93. The third kappa shape index (κ3) is 5.61. The zero-order chi connectivity index (χ0) is 23.3. The number of aliphatic hydroxyl groups is 1. The Bertz CT molecular complexity index is 1180. The number of sulfonamides is 1. The van der Waals surface area contributed by atoms with E-state index < -0.39 is 10.0 Å². The fourth-order valence-electron chi connectivity index (χ4n) is 4.07. The highest BCUT2D eigenvalue weighted by molar-refractivity contribution is 7.92. The van der Waals surface area contributed by atoms with Crippen molar-refractivity contribution in [3.8, 4) is 0 Å². The molecule has 0 atom stereocenters. The zero-order valence-electron chi connectivity index (χ0n) is 18.3. The van der Waals surface area contributed by atoms with E-state index >= 15 is 0 Å². The summed E-state index contributed by atoms with van der Waals surface area (Å²) in [5, 5.41) is 12.6. The molecule has 6 nitrogen and oxygen atoms in total. The first-order chi connectivity index (χ1) is 15.9. The van der Waals surface area contributed by atoms with E-state index in [1.54, 1.807) is 36.4 Å². The molecule has 0 bridgehead atoms. The van der Waals surface area contributed by atoms with E-state index in [0.29, 0.717) is 36.9 Å². The molecule has 7 heteroatoms. The number of rotatable bonds is 7. The second-order valence-electron chi connectivity index (χ2n) is 8.34. The highest BCUT2D eigenvalue weighted by Crippen LogP contribution is 2.26. The van der Waals surface area contributed by atoms with Crippen LogP contribution in [0.5, 0.6) is 0 Å². The molecule has 33 heavy (non-hydrogen) atoms. The molecule has 0 aromatic heterocycles. The van der Waals surface area contributed by atoms with Crippen molar-refractivity contribution in [2.45, 2.75) is 49.3 Å². The summed E-state index contributed by atoms with van der Waals surface area (Å²) in [6, 6.07) is 24.5. The van der Waals surface area contributed by atoms with Gasteiger partial charge < -0.3 is 10.4 Å². The highest BCUT2D eigenvalue weighted by atomic mass is 32.2. The molecule has 4 rings (SSSR count). The Morgan fingerprint density at radius 2 is 1.52 bits per heavy atom. The topological polar surface area (TPSA) is 86.7 Å². The summed E-state index contributed by atoms with van der Waals surface area (Å²) in [5.41, 5.74) is 1.71. The van der Waals surface area contributed by atoms with Gasteiger partial charge in [-0.05, 0) is 61.6 Å². The number of carbonyl (C=O) groups is 1. The van der Waals surface area contributed by atoms with Crippen molar-refractivity contribution in [3.63, 3.8) is 0 Å². The molecule has 3 aromatic rings. The van der Waals surface area contributed by atoms with Gasteiger partial charge in [-0.2, -0.15) is 0 Å². The Kier molecular flexibility index (Phi) is 7.11. The van der Waals surface area contributed by atoms with Crippen molar-refractivity contribution < 1.29 is 18.3 Å². The summed E-state index contributed by atoms with van der Waals surface area (Å²) >= 11 is 0. The van der Waals surface area contributed by atoms with E-state index in [-0.39, 0.29) is 29.5 Å². The fourth-order valence-corrected chi connectivity index (χ4v) is 5.57. The van der Waals surface area contributed by atoms with Crippen molar-refractivity contribution in [3.05, 3.63) is 96.1 Å². The number of para-hydroxylation sites is 1.